The maximum Gasteiger partial charge on any atom is 0.411 e. The number of nitrogens with zero attached hydrogens (tertiary/aromatic N) is 1. The molecule has 142 valence electrons. The van der Waals surface area contributed by atoms with Crippen LogP contribution in [0.1, 0.15) is 55.4 Å². The van der Waals surface area contributed by atoms with E-state index in [-0.39, 0.29) is 13.2 Å². The summed E-state index contributed by atoms with van der Waals surface area (Å²) in [5, 5.41) is 0. The Morgan fingerprint density at radius 2 is 1.56 bits per heavy atom. The fourth-order valence-corrected chi connectivity index (χ4v) is 2.25. The number of hydrogen-bond acceptors (Lipinski definition) is 6. The van der Waals surface area contributed by atoms with Gasteiger partial charge in [-0.3, -0.25) is 4.90 Å². The molecule has 0 spiro atoms. The molecule has 0 N–H and O–H groups in total. The lowest BCUT2D eigenvalue weighted by atomic mass is 9.91. The Bertz CT molecular complexity index is 579. The zero-order chi connectivity index (χ0) is 19.6. The van der Waals surface area contributed by atoms with Crippen molar-refractivity contribution in [2.24, 2.45) is 0 Å². The van der Waals surface area contributed by atoms with E-state index < -0.39 is 35.3 Å². The summed E-state index contributed by atoms with van der Waals surface area (Å²) in [7, 11) is 0. The van der Waals surface area contributed by atoms with Crippen LogP contribution in [0.4, 0.5) is 4.79 Å². The second-order valence-corrected chi connectivity index (χ2v) is 7.91. The van der Waals surface area contributed by atoms with Gasteiger partial charge < -0.3 is 14.2 Å². The number of carbonyl (C=O) groups excluding carboxylic acids is 3. The first-order valence-corrected chi connectivity index (χ1v) is 8.36. The van der Waals surface area contributed by atoms with Crippen LogP contribution in [-0.2, 0) is 23.8 Å². The van der Waals surface area contributed by atoms with Gasteiger partial charge in [-0.05, 0) is 61.0 Å². The largest absolute Gasteiger partial charge is 0.463 e. The molecule has 1 fully saturated rings. The Labute approximate surface area is 149 Å². The van der Waals surface area contributed by atoms with E-state index in [1.54, 1.807) is 55.4 Å². The number of amides is 1. The Morgan fingerprint density at radius 1 is 1.04 bits per heavy atom. The van der Waals surface area contributed by atoms with Crippen LogP contribution in [0.3, 0.4) is 0 Å². The summed E-state index contributed by atoms with van der Waals surface area (Å²) in [6, 6.07) is -0.974. The Hall–Kier alpha value is -2.05. The predicted octanol–water partition coefficient (Wildman–Crippen LogP) is 2.83. The van der Waals surface area contributed by atoms with Gasteiger partial charge in [0.2, 0.25) is 0 Å². The molecule has 0 saturated carbocycles. The molecule has 7 nitrogen and oxygen atoms in total. The van der Waals surface area contributed by atoms with Crippen molar-refractivity contribution in [3.05, 3.63) is 11.1 Å². The van der Waals surface area contributed by atoms with Crippen LogP contribution in [0.15, 0.2) is 11.1 Å². The van der Waals surface area contributed by atoms with Crippen LogP contribution >= 0.6 is 0 Å². The monoisotopic (exact) mass is 355 g/mol. The SMILES string of the molecule is CCOC(=O)/C(C)=C1\CN(C(=O)OC(C)(C)C)C1C(=O)OC(C)(C)C. The Balaban J connectivity index is 3.09. The number of carbonyl (C=O) groups is 3. The molecule has 0 aliphatic carbocycles. The van der Waals surface area contributed by atoms with Crippen LogP contribution in [0.25, 0.3) is 0 Å². The summed E-state index contributed by atoms with van der Waals surface area (Å²) in [5.41, 5.74) is -0.573. The van der Waals surface area contributed by atoms with Gasteiger partial charge in [-0.15, -0.1) is 0 Å². The highest BCUT2D eigenvalue weighted by atomic mass is 16.6. The first-order chi connectivity index (χ1) is 11.3. The third-order valence-corrected chi connectivity index (χ3v) is 3.30. The lowest BCUT2D eigenvalue weighted by Gasteiger charge is -2.43. The number of hydrogen-bond donors (Lipinski definition) is 0. The molecule has 0 aromatic rings. The zero-order valence-corrected chi connectivity index (χ0v) is 16.4. The average Bonchev–Trinajstić information content (AvgIpc) is 2.32. The van der Waals surface area contributed by atoms with Crippen LogP contribution < -0.4 is 0 Å². The van der Waals surface area contributed by atoms with E-state index in [1.807, 2.05) is 0 Å². The molecule has 0 aromatic carbocycles. The molecule has 0 radical (unpaired) electrons. The third-order valence-electron chi connectivity index (χ3n) is 3.30. The first-order valence-electron chi connectivity index (χ1n) is 8.36. The molecule has 7 heteroatoms. The summed E-state index contributed by atoms with van der Waals surface area (Å²) >= 11 is 0. The van der Waals surface area contributed by atoms with Crippen LogP contribution in [0.2, 0.25) is 0 Å². The molecule has 1 heterocycles. The van der Waals surface area contributed by atoms with Crippen molar-refractivity contribution in [3.8, 4) is 0 Å². The van der Waals surface area contributed by atoms with Gasteiger partial charge in [0, 0.05) is 12.1 Å². The van der Waals surface area contributed by atoms with Crippen LogP contribution in [0.5, 0.6) is 0 Å². The number of ether oxygens (including phenoxy) is 3. The standard InChI is InChI=1S/C18H29NO6/c1-9-23-14(20)11(2)12-10-19(16(22)25-18(6,7)8)13(12)15(21)24-17(3,4)5/h13H,9-10H2,1-8H3/b12-11+. The van der Waals surface area contributed by atoms with Gasteiger partial charge in [0.25, 0.3) is 0 Å². The lowest BCUT2D eigenvalue weighted by molar-refractivity contribution is -0.162. The molecule has 1 rings (SSSR count). The highest BCUT2D eigenvalue weighted by molar-refractivity contribution is 5.95. The molecule has 1 aliphatic rings. The molecular weight excluding hydrogens is 326 g/mol. The van der Waals surface area contributed by atoms with E-state index in [1.165, 1.54) is 4.90 Å². The van der Waals surface area contributed by atoms with Gasteiger partial charge in [0.1, 0.15) is 11.2 Å². The average molecular weight is 355 g/mol. The van der Waals surface area contributed by atoms with E-state index in [0.29, 0.717) is 11.1 Å². The summed E-state index contributed by atoms with van der Waals surface area (Å²) in [6.45, 7) is 14.1. The van der Waals surface area contributed by atoms with Gasteiger partial charge in [0.05, 0.1) is 6.61 Å². The molecular formula is C18H29NO6. The number of likely N-dealkylation sites (tertiary alicyclic amines) is 1. The summed E-state index contributed by atoms with van der Waals surface area (Å²) in [4.78, 5) is 38.1. The smallest absolute Gasteiger partial charge is 0.411 e. The third kappa shape index (κ3) is 5.76. The first kappa shape index (κ1) is 21.0. The highest BCUT2D eigenvalue weighted by Crippen LogP contribution is 2.31. The molecule has 0 aromatic heterocycles. The van der Waals surface area contributed by atoms with Gasteiger partial charge in [0.15, 0.2) is 6.04 Å². The summed E-state index contributed by atoms with van der Waals surface area (Å²) in [6.07, 6.45) is -0.622. The molecule has 1 amide bonds. The lowest BCUT2D eigenvalue weighted by Crippen LogP contribution is -2.60. The van der Waals surface area contributed by atoms with Gasteiger partial charge in [-0.2, -0.15) is 0 Å². The molecule has 1 unspecified atom stereocenters. The molecule has 1 saturated heterocycles. The number of rotatable bonds is 3. The fourth-order valence-electron chi connectivity index (χ4n) is 2.25. The van der Waals surface area contributed by atoms with Crippen molar-refractivity contribution < 1.29 is 28.6 Å². The topological polar surface area (TPSA) is 82.1 Å². The molecule has 0 bridgehead atoms. The summed E-state index contributed by atoms with van der Waals surface area (Å²) < 4.78 is 15.7. The summed E-state index contributed by atoms with van der Waals surface area (Å²) in [5.74, 6) is -1.10. The van der Waals surface area contributed by atoms with Crippen LogP contribution in [0, 0.1) is 0 Å². The molecule has 1 atom stereocenters. The van der Waals surface area contributed by atoms with Gasteiger partial charge in [-0.25, -0.2) is 14.4 Å². The minimum Gasteiger partial charge on any atom is -0.463 e. The highest BCUT2D eigenvalue weighted by Gasteiger charge is 2.47. The zero-order valence-electron chi connectivity index (χ0n) is 16.4. The van der Waals surface area contributed by atoms with E-state index in [9.17, 15) is 14.4 Å². The fraction of sp³-hybridized carbons (Fsp3) is 0.722. The van der Waals surface area contributed by atoms with E-state index in [0.717, 1.165) is 0 Å². The number of esters is 2. The van der Waals surface area contributed by atoms with Crippen molar-refractivity contribution in [2.75, 3.05) is 13.2 Å². The Kier molecular flexibility index (Phi) is 6.26. The van der Waals surface area contributed by atoms with Crippen molar-refractivity contribution >= 4 is 18.0 Å². The second kappa shape index (κ2) is 7.45. The maximum atomic E-state index is 12.6. The minimum atomic E-state index is -0.974. The van der Waals surface area contributed by atoms with Crippen molar-refractivity contribution in [1.29, 1.82) is 0 Å². The van der Waals surface area contributed by atoms with Crippen molar-refractivity contribution in [2.45, 2.75) is 72.6 Å². The normalized spacial score (nSPS) is 19.7. The van der Waals surface area contributed by atoms with E-state index in [4.69, 9.17) is 14.2 Å². The Morgan fingerprint density at radius 3 is 2.00 bits per heavy atom. The maximum absolute atomic E-state index is 12.6. The minimum absolute atomic E-state index is 0.128. The van der Waals surface area contributed by atoms with Crippen LogP contribution in [-0.4, -0.2) is 53.3 Å². The predicted molar refractivity (Wildman–Crippen MR) is 91.9 cm³/mol. The van der Waals surface area contributed by atoms with Gasteiger partial charge >= 0.3 is 18.0 Å². The second-order valence-electron chi connectivity index (χ2n) is 7.91. The van der Waals surface area contributed by atoms with E-state index >= 15 is 0 Å². The van der Waals surface area contributed by atoms with Gasteiger partial charge in [-0.1, -0.05) is 0 Å². The quantitative estimate of drug-likeness (QED) is 0.440. The molecule has 1 aliphatic heterocycles. The van der Waals surface area contributed by atoms with Crippen molar-refractivity contribution in [3.63, 3.8) is 0 Å². The van der Waals surface area contributed by atoms with Crippen molar-refractivity contribution in [1.82, 2.24) is 4.90 Å². The molecule has 25 heavy (non-hydrogen) atoms. The van der Waals surface area contributed by atoms with E-state index in [2.05, 4.69) is 0 Å².